The first-order chi connectivity index (χ1) is 11.9. The molecule has 0 atom stereocenters. The minimum Gasteiger partial charge on any atom is -0.364 e. The fraction of sp³-hybridized carbons (Fsp3) is 0.400. The molecular weight excluding hydrogens is 325 g/mol. The number of likely N-dealkylation sites (tertiary alicyclic amines) is 1. The van der Waals surface area contributed by atoms with Gasteiger partial charge in [0, 0.05) is 18.3 Å². The Morgan fingerprint density at radius 3 is 2.12 bits per heavy atom. The first kappa shape index (κ1) is 17.8. The molecule has 1 saturated heterocycles. The SMILES string of the molecule is CN1CCC(N(Cc2ccccc2)c2ccc(C(F)(F)F)cc2)CC1. The van der Waals surface area contributed by atoms with Crippen molar-refractivity contribution in [3.63, 3.8) is 0 Å². The van der Waals surface area contributed by atoms with Crippen molar-refractivity contribution < 1.29 is 13.2 Å². The highest BCUT2D eigenvalue weighted by atomic mass is 19.4. The summed E-state index contributed by atoms with van der Waals surface area (Å²) in [6, 6.07) is 16.0. The maximum atomic E-state index is 12.8. The van der Waals surface area contributed by atoms with Crippen molar-refractivity contribution in [1.29, 1.82) is 0 Å². The molecule has 1 fully saturated rings. The molecule has 0 unspecified atom stereocenters. The van der Waals surface area contributed by atoms with Gasteiger partial charge in [-0.15, -0.1) is 0 Å². The molecule has 0 bridgehead atoms. The smallest absolute Gasteiger partial charge is 0.364 e. The van der Waals surface area contributed by atoms with Crippen LogP contribution < -0.4 is 4.90 Å². The summed E-state index contributed by atoms with van der Waals surface area (Å²) in [6.45, 7) is 2.73. The van der Waals surface area contributed by atoms with E-state index in [9.17, 15) is 13.2 Å². The number of halogens is 3. The van der Waals surface area contributed by atoms with Crippen LogP contribution in [0.25, 0.3) is 0 Å². The van der Waals surface area contributed by atoms with Crippen molar-refractivity contribution in [3.8, 4) is 0 Å². The van der Waals surface area contributed by atoms with Crippen molar-refractivity contribution in [2.75, 3.05) is 25.0 Å². The molecule has 0 aromatic heterocycles. The zero-order chi connectivity index (χ0) is 17.9. The number of hydrogen-bond donors (Lipinski definition) is 0. The van der Waals surface area contributed by atoms with E-state index >= 15 is 0 Å². The molecule has 3 rings (SSSR count). The molecular formula is C20H23F3N2. The Balaban J connectivity index is 1.85. The van der Waals surface area contributed by atoms with Crippen LogP contribution in [-0.4, -0.2) is 31.1 Å². The summed E-state index contributed by atoms with van der Waals surface area (Å²) >= 11 is 0. The monoisotopic (exact) mass is 348 g/mol. The highest BCUT2D eigenvalue weighted by Gasteiger charge is 2.31. The fourth-order valence-corrected chi connectivity index (χ4v) is 3.36. The van der Waals surface area contributed by atoms with Crippen LogP contribution in [0.2, 0.25) is 0 Å². The van der Waals surface area contributed by atoms with Gasteiger partial charge < -0.3 is 9.80 Å². The number of piperidine rings is 1. The number of rotatable bonds is 4. The molecule has 0 N–H and O–H groups in total. The van der Waals surface area contributed by atoms with E-state index in [0.717, 1.165) is 31.6 Å². The summed E-state index contributed by atoms with van der Waals surface area (Å²) in [6.07, 6.45) is -2.26. The summed E-state index contributed by atoms with van der Waals surface area (Å²) < 4.78 is 38.5. The van der Waals surface area contributed by atoms with Crippen molar-refractivity contribution in [2.45, 2.75) is 31.6 Å². The Hall–Kier alpha value is -2.01. The Morgan fingerprint density at radius 1 is 0.960 bits per heavy atom. The van der Waals surface area contributed by atoms with Crippen molar-refractivity contribution >= 4 is 5.69 Å². The number of benzene rings is 2. The zero-order valence-electron chi connectivity index (χ0n) is 14.3. The van der Waals surface area contributed by atoms with Gasteiger partial charge in [-0.05, 0) is 62.8 Å². The van der Waals surface area contributed by atoms with Gasteiger partial charge in [0.05, 0.1) is 5.56 Å². The average molecular weight is 348 g/mol. The van der Waals surface area contributed by atoms with Gasteiger partial charge in [-0.3, -0.25) is 0 Å². The van der Waals surface area contributed by atoms with E-state index in [2.05, 4.69) is 29.0 Å². The third-order valence-electron chi connectivity index (χ3n) is 4.85. The lowest BCUT2D eigenvalue weighted by molar-refractivity contribution is -0.137. The molecule has 0 radical (unpaired) electrons. The van der Waals surface area contributed by atoms with Crippen LogP contribution in [0.5, 0.6) is 0 Å². The van der Waals surface area contributed by atoms with Crippen LogP contribution in [0.4, 0.5) is 18.9 Å². The molecule has 2 nitrogen and oxygen atoms in total. The normalized spacial score (nSPS) is 16.8. The van der Waals surface area contributed by atoms with Crippen LogP contribution in [0.3, 0.4) is 0 Å². The van der Waals surface area contributed by atoms with Gasteiger partial charge in [0.15, 0.2) is 0 Å². The number of hydrogen-bond acceptors (Lipinski definition) is 2. The maximum absolute atomic E-state index is 12.8. The summed E-state index contributed by atoms with van der Waals surface area (Å²) in [5.74, 6) is 0. The highest BCUT2D eigenvalue weighted by molar-refractivity contribution is 5.50. The van der Waals surface area contributed by atoms with Crippen molar-refractivity contribution in [2.24, 2.45) is 0 Å². The number of nitrogens with zero attached hydrogens (tertiary/aromatic N) is 2. The van der Waals surface area contributed by atoms with Gasteiger partial charge in [-0.1, -0.05) is 30.3 Å². The van der Waals surface area contributed by atoms with E-state index in [1.165, 1.54) is 17.7 Å². The lowest BCUT2D eigenvalue weighted by atomic mass is 10.0. The third kappa shape index (κ3) is 4.54. The molecule has 1 aliphatic rings. The highest BCUT2D eigenvalue weighted by Crippen LogP contribution is 2.32. The number of anilines is 1. The van der Waals surface area contributed by atoms with Gasteiger partial charge in [0.25, 0.3) is 0 Å². The van der Waals surface area contributed by atoms with Gasteiger partial charge in [0.1, 0.15) is 0 Å². The molecule has 5 heteroatoms. The lowest BCUT2D eigenvalue weighted by Crippen LogP contribution is -2.43. The van der Waals surface area contributed by atoms with Crippen LogP contribution in [0.15, 0.2) is 54.6 Å². The van der Waals surface area contributed by atoms with Crippen molar-refractivity contribution in [3.05, 3.63) is 65.7 Å². The van der Waals surface area contributed by atoms with Crippen LogP contribution in [0.1, 0.15) is 24.0 Å². The van der Waals surface area contributed by atoms with E-state index in [-0.39, 0.29) is 0 Å². The molecule has 25 heavy (non-hydrogen) atoms. The Labute approximate surface area is 146 Å². The standard InChI is InChI=1S/C20H23F3N2/c1-24-13-11-19(12-14-24)25(15-16-5-3-2-4-6-16)18-9-7-17(8-10-18)20(21,22)23/h2-10,19H,11-15H2,1H3. The van der Waals surface area contributed by atoms with Crippen LogP contribution in [-0.2, 0) is 12.7 Å². The molecule has 2 aromatic carbocycles. The number of alkyl halides is 3. The summed E-state index contributed by atoms with van der Waals surface area (Å²) in [4.78, 5) is 4.55. The van der Waals surface area contributed by atoms with Gasteiger partial charge >= 0.3 is 6.18 Å². The first-order valence-corrected chi connectivity index (χ1v) is 8.60. The van der Waals surface area contributed by atoms with Gasteiger partial charge in [-0.25, -0.2) is 0 Å². The predicted octanol–water partition coefficient (Wildman–Crippen LogP) is 4.81. The third-order valence-corrected chi connectivity index (χ3v) is 4.85. The second kappa shape index (κ2) is 7.48. The Bertz CT molecular complexity index is 660. The van der Waals surface area contributed by atoms with E-state index in [1.54, 1.807) is 12.1 Å². The summed E-state index contributed by atoms with van der Waals surface area (Å²) in [5.41, 5.74) is 1.42. The average Bonchev–Trinajstić information content (AvgIpc) is 2.61. The van der Waals surface area contributed by atoms with Crippen LogP contribution in [0, 0.1) is 0 Å². The molecule has 134 valence electrons. The fourth-order valence-electron chi connectivity index (χ4n) is 3.36. The second-order valence-electron chi connectivity index (χ2n) is 6.69. The van der Waals surface area contributed by atoms with E-state index in [1.807, 2.05) is 18.2 Å². The molecule has 0 aliphatic carbocycles. The second-order valence-corrected chi connectivity index (χ2v) is 6.69. The van der Waals surface area contributed by atoms with Crippen molar-refractivity contribution in [1.82, 2.24) is 4.90 Å². The van der Waals surface area contributed by atoms with Crippen LogP contribution >= 0.6 is 0 Å². The van der Waals surface area contributed by atoms with Gasteiger partial charge in [-0.2, -0.15) is 13.2 Å². The largest absolute Gasteiger partial charge is 0.416 e. The maximum Gasteiger partial charge on any atom is 0.416 e. The van der Waals surface area contributed by atoms with Gasteiger partial charge in [0.2, 0.25) is 0 Å². The molecule has 2 aromatic rings. The lowest BCUT2D eigenvalue weighted by Gasteiger charge is -2.39. The quantitative estimate of drug-likeness (QED) is 0.783. The topological polar surface area (TPSA) is 6.48 Å². The van der Waals surface area contributed by atoms with E-state index in [0.29, 0.717) is 12.6 Å². The predicted molar refractivity (Wildman–Crippen MR) is 94.6 cm³/mol. The summed E-state index contributed by atoms with van der Waals surface area (Å²) in [7, 11) is 2.11. The van der Waals surface area contributed by atoms with E-state index < -0.39 is 11.7 Å². The minimum atomic E-state index is -4.30. The molecule has 0 amide bonds. The Kier molecular flexibility index (Phi) is 5.33. The molecule has 0 saturated carbocycles. The zero-order valence-corrected chi connectivity index (χ0v) is 14.3. The summed E-state index contributed by atoms with van der Waals surface area (Å²) in [5, 5.41) is 0. The Morgan fingerprint density at radius 2 is 1.56 bits per heavy atom. The molecule has 0 spiro atoms. The molecule has 1 aliphatic heterocycles. The minimum absolute atomic E-state index is 0.341. The van der Waals surface area contributed by atoms with E-state index in [4.69, 9.17) is 0 Å². The first-order valence-electron chi connectivity index (χ1n) is 8.60. The molecule has 1 heterocycles.